The Balaban J connectivity index is 1.46. The average Bonchev–Trinajstić information content (AvgIpc) is 2.66. The van der Waals surface area contributed by atoms with E-state index in [-0.39, 0.29) is 17.8 Å². The highest BCUT2D eigenvalue weighted by Crippen LogP contribution is 2.11. The van der Waals surface area contributed by atoms with Crippen molar-refractivity contribution in [2.45, 2.75) is 19.9 Å². The van der Waals surface area contributed by atoms with Crippen LogP contribution in [-0.4, -0.2) is 28.8 Å². The molecule has 0 saturated heterocycles. The van der Waals surface area contributed by atoms with Crippen LogP contribution in [0.15, 0.2) is 59.5 Å². The van der Waals surface area contributed by atoms with E-state index in [1.165, 1.54) is 11.8 Å². The number of para-hydroxylation sites is 1. The average molecular weight is 351 g/mol. The van der Waals surface area contributed by atoms with E-state index in [1.807, 2.05) is 49.4 Å². The van der Waals surface area contributed by atoms with E-state index in [1.54, 1.807) is 10.7 Å². The van der Waals surface area contributed by atoms with Gasteiger partial charge in [-0.05, 0) is 31.2 Å². The van der Waals surface area contributed by atoms with Crippen LogP contribution in [0.1, 0.15) is 12.0 Å². The van der Waals surface area contributed by atoms with Crippen LogP contribution < -0.4 is 15.5 Å². The maximum Gasteiger partial charge on any atom is 0.221 e. The minimum absolute atomic E-state index is 0.0814. The van der Waals surface area contributed by atoms with Gasteiger partial charge in [-0.1, -0.05) is 29.8 Å². The van der Waals surface area contributed by atoms with Gasteiger partial charge in [0.2, 0.25) is 11.3 Å². The molecular weight excluding hydrogens is 330 g/mol. The lowest BCUT2D eigenvalue weighted by molar-refractivity contribution is -0.121. The minimum Gasteiger partial charge on any atom is -0.492 e. The molecule has 0 aliphatic heterocycles. The molecule has 0 fully saturated rings. The predicted molar refractivity (Wildman–Crippen MR) is 100 cm³/mol. The zero-order chi connectivity index (χ0) is 18.4. The van der Waals surface area contributed by atoms with Gasteiger partial charge >= 0.3 is 0 Å². The molecular formula is C20H21N3O3. The van der Waals surface area contributed by atoms with Gasteiger partial charge in [-0.25, -0.2) is 0 Å². The SMILES string of the molecule is Cc1ccc(OCCNC(=O)CCn2ncc(=O)c3ccccc32)cc1. The molecule has 1 heterocycles. The zero-order valence-corrected chi connectivity index (χ0v) is 14.6. The molecule has 1 N–H and O–H groups in total. The molecule has 3 aromatic rings. The number of aromatic nitrogens is 2. The number of nitrogens with one attached hydrogen (secondary N) is 1. The number of aryl methyl sites for hydroxylation is 2. The fraction of sp³-hybridized carbons (Fsp3) is 0.250. The van der Waals surface area contributed by atoms with Crippen molar-refractivity contribution >= 4 is 16.8 Å². The Labute approximate surface area is 151 Å². The Bertz CT molecular complexity index is 948. The molecule has 0 saturated carbocycles. The Morgan fingerprint density at radius 2 is 1.92 bits per heavy atom. The number of amides is 1. The number of hydrogen-bond donors (Lipinski definition) is 1. The largest absolute Gasteiger partial charge is 0.492 e. The zero-order valence-electron chi connectivity index (χ0n) is 14.6. The van der Waals surface area contributed by atoms with Crippen molar-refractivity contribution < 1.29 is 9.53 Å². The standard InChI is InChI=1S/C20H21N3O3/c1-15-6-8-16(9-7-15)26-13-11-21-20(25)10-12-23-18-5-3-2-4-17(18)19(24)14-22-23/h2-9,14H,10-13H2,1H3,(H,21,25). The highest BCUT2D eigenvalue weighted by Gasteiger charge is 2.06. The summed E-state index contributed by atoms with van der Waals surface area (Å²) in [4.78, 5) is 23.8. The molecule has 1 amide bonds. The first-order valence-electron chi connectivity index (χ1n) is 8.54. The van der Waals surface area contributed by atoms with Crippen LogP contribution in [0, 0.1) is 6.92 Å². The lowest BCUT2D eigenvalue weighted by atomic mass is 10.2. The minimum atomic E-state index is -0.116. The summed E-state index contributed by atoms with van der Waals surface area (Å²) < 4.78 is 7.26. The molecule has 1 aromatic heterocycles. The topological polar surface area (TPSA) is 73.2 Å². The van der Waals surface area contributed by atoms with Gasteiger partial charge in [-0.2, -0.15) is 5.10 Å². The third kappa shape index (κ3) is 4.47. The summed E-state index contributed by atoms with van der Waals surface area (Å²) in [6, 6.07) is 15.0. The number of rotatable bonds is 7. The van der Waals surface area contributed by atoms with Crippen LogP contribution in [0.25, 0.3) is 10.9 Å². The van der Waals surface area contributed by atoms with Crippen LogP contribution >= 0.6 is 0 Å². The predicted octanol–water partition coefficient (Wildman–Crippen LogP) is 2.29. The first kappa shape index (κ1) is 17.7. The third-order valence-electron chi connectivity index (χ3n) is 4.03. The van der Waals surface area contributed by atoms with Gasteiger partial charge in [0.05, 0.1) is 24.8 Å². The molecule has 6 nitrogen and oxygen atoms in total. The summed E-state index contributed by atoms with van der Waals surface area (Å²) in [5.41, 5.74) is 1.79. The highest BCUT2D eigenvalue weighted by molar-refractivity contribution is 5.79. The molecule has 3 rings (SSSR count). The molecule has 0 bridgehead atoms. The van der Waals surface area contributed by atoms with Gasteiger partial charge in [0.25, 0.3) is 0 Å². The van der Waals surface area contributed by atoms with Gasteiger partial charge in [-0.15, -0.1) is 0 Å². The number of hydrogen-bond acceptors (Lipinski definition) is 4. The van der Waals surface area contributed by atoms with E-state index < -0.39 is 0 Å². The molecule has 26 heavy (non-hydrogen) atoms. The monoisotopic (exact) mass is 351 g/mol. The Kier molecular flexibility index (Phi) is 5.63. The second-order valence-corrected chi connectivity index (χ2v) is 6.01. The smallest absolute Gasteiger partial charge is 0.221 e. The van der Waals surface area contributed by atoms with E-state index in [0.29, 0.717) is 25.1 Å². The van der Waals surface area contributed by atoms with Crippen molar-refractivity contribution in [3.63, 3.8) is 0 Å². The Hall–Kier alpha value is -3.15. The number of benzene rings is 2. The van der Waals surface area contributed by atoms with Crippen molar-refractivity contribution in [2.75, 3.05) is 13.2 Å². The fourth-order valence-corrected chi connectivity index (χ4v) is 2.63. The second-order valence-electron chi connectivity index (χ2n) is 6.01. The molecule has 2 aromatic carbocycles. The third-order valence-corrected chi connectivity index (χ3v) is 4.03. The summed E-state index contributed by atoms with van der Waals surface area (Å²) in [5.74, 6) is 0.705. The van der Waals surface area contributed by atoms with Gasteiger partial charge in [-0.3, -0.25) is 14.3 Å². The molecule has 0 aliphatic carbocycles. The molecule has 0 spiro atoms. The highest BCUT2D eigenvalue weighted by atomic mass is 16.5. The van der Waals surface area contributed by atoms with Crippen LogP contribution in [0.3, 0.4) is 0 Å². The van der Waals surface area contributed by atoms with Gasteiger partial charge in [0.1, 0.15) is 12.4 Å². The molecule has 0 unspecified atom stereocenters. The number of carbonyl (C=O) groups excluding carboxylic acids is 1. The van der Waals surface area contributed by atoms with Crippen molar-refractivity contribution in [3.8, 4) is 5.75 Å². The van der Waals surface area contributed by atoms with Crippen molar-refractivity contribution in [1.29, 1.82) is 0 Å². The van der Waals surface area contributed by atoms with E-state index in [0.717, 1.165) is 11.3 Å². The van der Waals surface area contributed by atoms with E-state index in [9.17, 15) is 9.59 Å². The Morgan fingerprint density at radius 3 is 2.73 bits per heavy atom. The summed E-state index contributed by atoms with van der Waals surface area (Å²) in [7, 11) is 0. The number of fused-ring (bicyclic) bond motifs is 1. The maximum atomic E-state index is 12.0. The molecule has 0 aliphatic rings. The first-order chi connectivity index (χ1) is 12.6. The molecule has 0 radical (unpaired) electrons. The molecule has 6 heteroatoms. The molecule has 134 valence electrons. The van der Waals surface area contributed by atoms with Crippen LogP contribution in [0.5, 0.6) is 5.75 Å². The van der Waals surface area contributed by atoms with Gasteiger partial charge in [0.15, 0.2) is 0 Å². The van der Waals surface area contributed by atoms with Crippen molar-refractivity contribution in [1.82, 2.24) is 15.1 Å². The number of carbonyl (C=O) groups is 1. The van der Waals surface area contributed by atoms with Crippen LogP contribution in [0.2, 0.25) is 0 Å². The quantitative estimate of drug-likeness (QED) is 0.663. The first-order valence-corrected chi connectivity index (χ1v) is 8.54. The van der Waals surface area contributed by atoms with Crippen LogP contribution in [0.4, 0.5) is 0 Å². The summed E-state index contributed by atoms with van der Waals surface area (Å²) in [6.07, 6.45) is 1.57. The van der Waals surface area contributed by atoms with Crippen LogP contribution in [-0.2, 0) is 11.3 Å². The lowest BCUT2D eigenvalue weighted by Gasteiger charge is -2.10. The van der Waals surface area contributed by atoms with Gasteiger partial charge in [0, 0.05) is 11.8 Å². The maximum absolute atomic E-state index is 12.0. The van der Waals surface area contributed by atoms with Gasteiger partial charge < -0.3 is 10.1 Å². The fourth-order valence-electron chi connectivity index (χ4n) is 2.63. The summed E-state index contributed by atoms with van der Waals surface area (Å²) >= 11 is 0. The van der Waals surface area contributed by atoms with E-state index >= 15 is 0 Å². The van der Waals surface area contributed by atoms with Crippen molar-refractivity contribution in [3.05, 3.63) is 70.5 Å². The number of nitrogens with zero attached hydrogens (tertiary/aromatic N) is 2. The number of ether oxygens (including phenoxy) is 1. The normalized spacial score (nSPS) is 10.7. The van der Waals surface area contributed by atoms with E-state index in [2.05, 4.69) is 10.4 Å². The second kappa shape index (κ2) is 8.29. The summed E-state index contributed by atoms with van der Waals surface area (Å²) in [5, 5.41) is 7.55. The lowest BCUT2D eigenvalue weighted by Crippen LogP contribution is -2.29. The molecule has 0 atom stereocenters. The summed E-state index contributed by atoms with van der Waals surface area (Å²) in [6.45, 7) is 3.27. The van der Waals surface area contributed by atoms with Crippen molar-refractivity contribution in [2.24, 2.45) is 0 Å². The Morgan fingerprint density at radius 1 is 1.15 bits per heavy atom. The van der Waals surface area contributed by atoms with E-state index in [4.69, 9.17) is 4.74 Å².